The highest BCUT2D eigenvalue weighted by Gasteiger charge is 2.59. The molecule has 3 heteroatoms. The number of aliphatic hydroxyl groups excluding tert-OH is 1. The van der Waals surface area contributed by atoms with Crippen molar-refractivity contribution < 1.29 is 10.6 Å². The molecule has 3 N–H and O–H groups in total. The lowest BCUT2D eigenvalue weighted by Crippen LogP contribution is -2.50. The summed E-state index contributed by atoms with van der Waals surface area (Å²) in [5.41, 5.74) is 2.60. The Morgan fingerprint density at radius 2 is 1.73 bits per heavy atom. The second-order valence-electron chi connectivity index (χ2n) is 12.2. The number of allylic oxidation sites excluding steroid dienone is 1. The van der Waals surface area contributed by atoms with Crippen molar-refractivity contribution in [2.45, 2.75) is 111 Å². The van der Waals surface area contributed by atoms with Gasteiger partial charge in [0.15, 0.2) is 0 Å². The van der Waals surface area contributed by atoms with Gasteiger partial charge in [-0.05, 0) is 97.7 Å². The molecule has 0 aromatic heterocycles. The van der Waals surface area contributed by atoms with E-state index >= 15 is 0 Å². The van der Waals surface area contributed by atoms with Crippen LogP contribution in [0.5, 0.6) is 0 Å². The van der Waals surface area contributed by atoms with Crippen molar-refractivity contribution >= 4 is 23.1 Å². The summed E-state index contributed by atoms with van der Waals surface area (Å²) in [5.74, 6) is 5.46. The van der Waals surface area contributed by atoms with Gasteiger partial charge in [-0.3, -0.25) is 0 Å². The zero-order chi connectivity index (χ0) is 20.1. The van der Waals surface area contributed by atoms with Gasteiger partial charge in [-0.25, -0.2) is 0 Å². The fraction of sp³-hybridized carbons (Fsp3) is 0.926. The normalized spacial score (nSPS) is 43.4. The van der Waals surface area contributed by atoms with Crippen LogP contribution in [-0.2, 0) is 0 Å². The summed E-state index contributed by atoms with van der Waals surface area (Å²) in [6.07, 6.45) is 17.2. The van der Waals surface area contributed by atoms with Crippen molar-refractivity contribution in [3.63, 3.8) is 0 Å². The van der Waals surface area contributed by atoms with Gasteiger partial charge in [0, 0.05) is 0 Å². The first-order valence-electron chi connectivity index (χ1n) is 12.6. The van der Waals surface area contributed by atoms with Crippen molar-refractivity contribution in [3.05, 3.63) is 11.6 Å². The molecule has 4 aliphatic rings. The van der Waals surface area contributed by atoms with E-state index in [0.29, 0.717) is 10.8 Å². The van der Waals surface area contributed by atoms with Crippen LogP contribution in [0, 0.1) is 46.3 Å². The van der Waals surface area contributed by atoms with Gasteiger partial charge in [0.25, 0.3) is 0 Å². The molecule has 0 spiro atoms. The van der Waals surface area contributed by atoms with E-state index in [4.69, 9.17) is 0 Å². The van der Waals surface area contributed by atoms with E-state index in [9.17, 15) is 5.11 Å². The molecule has 172 valence electrons. The Morgan fingerprint density at radius 3 is 2.43 bits per heavy atom. The number of hydrogen-bond donors (Lipinski definition) is 1. The molecule has 0 heterocycles. The number of fused-ring (bicyclic) bond motifs is 5. The molecule has 2 nitrogen and oxygen atoms in total. The van der Waals surface area contributed by atoms with Crippen LogP contribution >= 0.6 is 0 Å². The minimum absolute atomic E-state index is 0. The van der Waals surface area contributed by atoms with Gasteiger partial charge >= 0.3 is 23.1 Å². The number of aliphatic hydroxyl groups is 1. The smallest absolute Gasteiger partial charge is 0.316 e. The molecule has 0 aromatic carbocycles. The molecule has 8 atom stereocenters. The zero-order valence-corrected chi connectivity index (χ0v) is 19.8. The van der Waals surface area contributed by atoms with Crippen molar-refractivity contribution in [3.8, 4) is 0 Å². The van der Waals surface area contributed by atoms with E-state index in [1.54, 1.807) is 5.57 Å². The van der Waals surface area contributed by atoms with Crippen molar-refractivity contribution in [1.29, 1.82) is 0 Å². The third kappa shape index (κ3) is 4.57. The quantitative estimate of drug-likeness (QED) is 0.444. The van der Waals surface area contributed by atoms with Gasteiger partial charge in [0.05, 0.1) is 6.10 Å². The van der Waals surface area contributed by atoms with E-state index in [0.717, 1.165) is 48.3 Å². The molecule has 0 unspecified atom stereocenters. The van der Waals surface area contributed by atoms with Crippen LogP contribution in [0.1, 0.15) is 105 Å². The molecule has 0 aromatic rings. The van der Waals surface area contributed by atoms with Crippen LogP contribution in [0.15, 0.2) is 11.6 Å². The topological polar surface area (TPSA) is 51.7 Å². The highest BCUT2D eigenvalue weighted by molar-refractivity contribution is 5.75. The molecule has 4 aliphatic carbocycles. The molecule has 4 rings (SSSR count). The summed E-state index contributed by atoms with van der Waals surface area (Å²) in [5, 5.41) is 10.2. The monoisotopic (exact) mass is 430 g/mol. The Balaban J connectivity index is 0.00000160. The maximum Gasteiger partial charge on any atom is 0.316 e. The average molecular weight is 431 g/mol. The lowest BCUT2D eigenvalue weighted by atomic mass is 9.47. The lowest BCUT2D eigenvalue weighted by molar-refractivity contribution is -0.0573. The zero-order valence-electron chi connectivity index (χ0n) is 19.8. The van der Waals surface area contributed by atoms with Gasteiger partial charge in [0.1, 0.15) is 0 Å². The van der Waals surface area contributed by atoms with Crippen molar-refractivity contribution in [2.75, 3.05) is 0 Å². The third-order valence-electron chi connectivity index (χ3n) is 10.3. The molecule has 3 fully saturated rings. The van der Waals surface area contributed by atoms with Gasteiger partial charge < -0.3 is 10.6 Å². The Hall–Kier alpha value is 0.426. The second-order valence-corrected chi connectivity index (χ2v) is 12.2. The maximum atomic E-state index is 10.2. The van der Waals surface area contributed by atoms with Gasteiger partial charge in [-0.2, -0.15) is 0 Å². The molecule has 0 amide bonds. The van der Waals surface area contributed by atoms with Crippen LogP contribution in [0.2, 0.25) is 0 Å². The van der Waals surface area contributed by atoms with Crippen molar-refractivity contribution in [1.82, 2.24) is 0 Å². The van der Waals surface area contributed by atoms with Gasteiger partial charge in [0.2, 0.25) is 0 Å². The summed E-state index contributed by atoms with van der Waals surface area (Å²) in [6, 6.07) is 0. The highest BCUT2D eigenvalue weighted by atomic mass is 24.3. The SMILES string of the molecule is CC(C)CCC[C@@H](C)[C@H]1CC[C@H]2[C@@H]3CC=C4C[C@@H](O)CC[C@]4(C)[C@H]3CC[C@]12C.O.[MgH2]. The first kappa shape index (κ1) is 26.7. The Labute approximate surface area is 202 Å². The number of hydrogen-bond acceptors (Lipinski definition) is 1. The highest BCUT2D eigenvalue weighted by Crippen LogP contribution is 2.67. The molecule has 0 radical (unpaired) electrons. The summed E-state index contributed by atoms with van der Waals surface area (Å²) in [4.78, 5) is 0. The Kier molecular flexibility index (Phi) is 9.02. The summed E-state index contributed by atoms with van der Waals surface area (Å²) >= 11 is 0. The number of rotatable bonds is 5. The lowest BCUT2D eigenvalue weighted by Gasteiger charge is -2.58. The average Bonchev–Trinajstić information content (AvgIpc) is 2.99. The fourth-order valence-corrected chi connectivity index (χ4v) is 8.67. The summed E-state index contributed by atoms with van der Waals surface area (Å²) < 4.78 is 0. The fourth-order valence-electron chi connectivity index (χ4n) is 8.67. The second kappa shape index (κ2) is 10.1. The molecular weight excluding hydrogens is 381 g/mol. The van der Waals surface area contributed by atoms with E-state index in [1.807, 2.05) is 0 Å². The summed E-state index contributed by atoms with van der Waals surface area (Å²) in [7, 11) is 0. The summed E-state index contributed by atoms with van der Waals surface area (Å²) in [6.45, 7) is 12.6. The van der Waals surface area contributed by atoms with Crippen LogP contribution in [-0.4, -0.2) is 39.7 Å². The molecule has 0 aliphatic heterocycles. The molecule has 0 saturated heterocycles. The van der Waals surface area contributed by atoms with Crippen LogP contribution in [0.25, 0.3) is 0 Å². The third-order valence-corrected chi connectivity index (χ3v) is 10.3. The van der Waals surface area contributed by atoms with Gasteiger partial charge in [-0.15, -0.1) is 0 Å². The Morgan fingerprint density at radius 1 is 1.00 bits per heavy atom. The van der Waals surface area contributed by atoms with Gasteiger partial charge in [-0.1, -0.05) is 65.5 Å². The van der Waals surface area contributed by atoms with E-state index in [2.05, 4.69) is 40.7 Å². The van der Waals surface area contributed by atoms with E-state index in [1.165, 1.54) is 57.8 Å². The predicted octanol–water partition coefficient (Wildman–Crippen LogP) is 5.65. The van der Waals surface area contributed by atoms with Crippen LogP contribution in [0.3, 0.4) is 0 Å². The molecule has 3 saturated carbocycles. The van der Waals surface area contributed by atoms with E-state index < -0.39 is 0 Å². The molecule has 30 heavy (non-hydrogen) atoms. The largest absolute Gasteiger partial charge is 0.412 e. The van der Waals surface area contributed by atoms with Crippen LogP contribution in [0.4, 0.5) is 0 Å². The van der Waals surface area contributed by atoms with Crippen LogP contribution < -0.4 is 0 Å². The minimum Gasteiger partial charge on any atom is -0.412 e. The van der Waals surface area contributed by atoms with Crippen molar-refractivity contribution in [2.24, 2.45) is 46.3 Å². The Bertz CT molecular complexity index is 602. The molecular formula is C27H50MgO2. The first-order valence-corrected chi connectivity index (χ1v) is 12.6. The molecule has 0 bridgehead atoms. The first-order chi connectivity index (χ1) is 13.3. The minimum atomic E-state index is -0.0766. The van der Waals surface area contributed by atoms with E-state index in [-0.39, 0.29) is 34.6 Å². The maximum absolute atomic E-state index is 10.2. The predicted molar refractivity (Wildman–Crippen MR) is 131 cm³/mol. The standard InChI is InChI=1S/C27H46O.Mg.H2O.2H/c1-18(2)7-6-8-19(3)23-11-12-24-22-10-9-20-17-21(28)13-15-26(20,4)25(22)14-16-27(23,24)5;;;;/h9,18-19,21-25,28H,6-8,10-17H2,1-5H3;;1H2;;/t19-,21+,22+,23-,24+,25+,26+,27-;;;;/m1..../s1.